The summed E-state index contributed by atoms with van der Waals surface area (Å²) in [7, 11) is 0. The van der Waals surface area contributed by atoms with E-state index in [4.69, 9.17) is 14.2 Å². The molecule has 0 radical (unpaired) electrons. The largest absolute Gasteiger partial charge is 0.490 e. The first-order valence-corrected chi connectivity index (χ1v) is 7.36. The Morgan fingerprint density at radius 3 is 2.95 bits per heavy atom. The van der Waals surface area contributed by atoms with Crippen LogP contribution in [0.2, 0.25) is 0 Å². The van der Waals surface area contributed by atoms with Crippen molar-refractivity contribution < 1.29 is 19.3 Å². The second kappa shape index (κ2) is 7.12. The molecule has 1 aliphatic heterocycles. The fourth-order valence-corrected chi connectivity index (χ4v) is 2.45. The lowest BCUT2D eigenvalue weighted by atomic mass is 10.1. The van der Waals surface area contributed by atoms with Gasteiger partial charge in [0.05, 0.1) is 24.3 Å². The Labute approximate surface area is 121 Å². The SMILES string of the molecule is CCCOCC(O)c1cc(Br)c2c(c1)OCCCO2. The standard InChI is InChI=1S/C14H19BrO4/c1-2-4-17-9-12(16)10-7-11(15)14-13(8-10)18-5-3-6-19-14/h7-8,12,16H,2-6,9H2,1H3. The second-order valence-corrected chi connectivity index (χ2v) is 5.33. The fraction of sp³-hybridized carbons (Fsp3) is 0.571. The Kier molecular flexibility index (Phi) is 5.48. The van der Waals surface area contributed by atoms with Gasteiger partial charge in [0.25, 0.3) is 0 Å². The van der Waals surface area contributed by atoms with Gasteiger partial charge in [-0.2, -0.15) is 0 Å². The highest BCUT2D eigenvalue weighted by Gasteiger charge is 2.18. The molecule has 0 saturated heterocycles. The third kappa shape index (κ3) is 3.84. The molecule has 4 nitrogen and oxygen atoms in total. The normalized spacial score (nSPS) is 15.9. The average Bonchev–Trinajstić information content (AvgIpc) is 2.64. The molecule has 1 unspecified atom stereocenters. The maximum atomic E-state index is 10.1. The summed E-state index contributed by atoms with van der Waals surface area (Å²) in [6.07, 6.45) is 1.15. The van der Waals surface area contributed by atoms with Crippen molar-refractivity contribution in [1.29, 1.82) is 0 Å². The molecule has 0 fully saturated rings. The summed E-state index contributed by atoms with van der Waals surface area (Å²) < 4.78 is 17.4. The molecule has 1 aliphatic rings. The number of ether oxygens (including phenoxy) is 3. The Bertz CT molecular complexity index is 422. The molecular formula is C14H19BrO4. The highest BCUT2D eigenvalue weighted by atomic mass is 79.9. The van der Waals surface area contributed by atoms with Crippen LogP contribution in [-0.2, 0) is 4.74 Å². The molecule has 0 aromatic heterocycles. The number of hydrogen-bond acceptors (Lipinski definition) is 4. The first-order chi connectivity index (χ1) is 9.22. The third-order valence-corrected chi connectivity index (χ3v) is 3.42. The van der Waals surface area contributed by atoms with Gasteiger partial charge in [0, 0.05) is 13.0 Å². The van der Waals surface area contributed by atoms with E-state index in [2.05, 4.69) is 15.9 Å². The van der Waals surface area contributed by atoms with Crippen LogP contribution in [0.25, 0.3) is 0 Å². The van der Waals surface area contributed by atoms with E-state index in [0.29, 0.717) is 37.9 Å². The first-order valence-electron chi connectivity index (χ1n) is 6.57. The van der Waals surface area contributed by atoms with Crippen LogP contribution in [0.4, 0.5) is 0 Å². The summed E-state index contributed by atoms with van der Waals surface area (Å²) in [5, 5.41) is 10.1. The van der Waals surface area contributed by atoms with E-state index < -0.39 is 6.10 Å². The quantitative estimate of drug-likeness (QED) is 0.843. The number of rotatable bonds is 5. The Balaban J connectivity index is 2.13. The van der Waals surface area contributed by atoms with Gasteiger partial charge in [0.1, 0.15) is 6.10 Å². The van der Waals surface area contributed by atoms with Crippen LogP contribution < -0.4 is 9.47 Å². The van der Waals surface area contributed by atoms with Crippen LogP contribution in [0.3, 0.4) is 0 Å². The van der Waals surface area contributed by atoms with Crippen molar-refractivity contribution in [2.24, 2.45) is 0 Å². The minimum Gasteiger partial charge on any atom is -0.490 e. The molecule has 0 bridgehead atoms. The summed E-state index contributed by atoms with van der Waals surface area (Å²) in [5.74, 6) is 1.39. The monoisotopic (exact) mass is 330 g/mol. The Morgan fingerprint density at radius 1 is 1.37 bits per heavy atom. The number of fused-ring (bicyclic) bond motifs is 1. The van der Waals surface area contributed by atoms with Gasteiger partial charge in [0.15, 0.2) is 11.5 Å². The molecule has 106 valence electrons. The van der Waals surface area contributed by atoms with E-state index in [1.54, 1.807) is 0 Å². The zero-order valence-corrected chi connectivity index (χ0v) is 12.6. The third-order valence-electron chi connectivity index (χ3n) is 2.83. The highest BCUT2D eigenvalue weighted by molar-refractivity contribution is 9.10. The van der Waals surface area contributed by atoms with Crippen LogP contribution in [0.5, 0.6) is 11.5 Å². The topological polar surface area (TPSA) is 47.9 Å². The average molecular weight is 331 g/mol. The summed E-state index contributed by atoms with van der Waals surface area (Å²) in [4.78, 5) is 0. The van der Waals surface area contributed by atoms with E-state index in [0.717, 1.165) is 22.9 Å². The summed E-state index contributed by atoms with van der Waals surface area (Å²) in [5.41, 5.74) is 0.771. The molecule has 0 saturated carbocycles. The van der Waals surface area contributed by atoms with E-state index in [1.807, 2.05) is 19.1 Å². The number of hydrogen-bond donors (Lipinski definition) is 1. The molecule has 0 spiro atoms. The summed E-state index contributed by atoms with van der Waals surface area (Å²) in [6, 6.07) is 3.68. The van der Waals surface area contributed by atoms with E-state index in [1.165, 1.54) is 0 Å². The van der Waals surface area contributed by atoms with Crippen molar-refractivity contribution in [3.8, 4) is 11.5 Å². The smallest absolute Gasteiger partial charge is 0.175 e. The van der Waals surface area contributed by atoms with Crippen LogP contribution in [0.1, 0.15) is 31.4 Å². The second-order valence-electron chi connectivity index (χ2n) is 4.47. The van der Waals surface area contributed by atoms with Crippen molar-refractivity contribution in [2.45, 2.75) is 25.9 Å². The maximum absolute atomic E-state index is 10.1. The van der Waals surface area contributed by atoms with Crippen LogP contribution in [0, 0.1) is 0 Å². The molecule has 5 heteroatoms. The van der Waals surface area contributed by atoms with Gasteiger partial charge in [-0.1, -0.05) is 6.92 Å². The minimum absolute atomic E-state index is 0.292. The summed E-state index contributed by atoms with van der Waals surface area (Å²) >= 11 is 3.46. The zero-order valence-electron chi connectivity index (χ0n) is 11.0. The molecule has 1 N–H and O–H groups in total. The van der Waals surface area contributed by atoms with Crippen LogP contribution >= 0.6 is 15.9 Å². The van der Waals surface area contributed by atoms with Gasteiger partial charge < -0.3 is 19.3 Å². The molecule has 2 rings (SSSR count). The van der Waals surface area contributed by atoms with E-state index in [-0.39, 0.29) is 0 Å². The molecule has 1 aromatic rings. The van der Waals surface area contributed by atoms with Crippen molar-refractivity contribution in [3.05, 3.63) is 22.2 Å². The van der Waals surface area contributed by atoms with E-state index in [9.17, 15) is 5.11 Å². The summed E-state index contributed by atoms with van der Waals surface area (Å²) in [6.45, 7) is 4.26. The Morgan fingerprint density at radius 2 is 2.16 bits per heavy atom. The molecule has 19 heavy (non-hydrogen) atoms. The Hall–Kier alpha value is -0.780. The number of aliphatic hydroxyl groups is 1. The lowest BCUT2D eigenvalue weighted by molar-refractivity contribution is 0.0362. The highest BCUT2D eigenvalue weighted by Crippen LogP contribution is 2.39. The molecular weight excluding hydrogens is 312 g/mol. The number of benzene rings is 1. The van der Waals surface area contributed by atoms with Crippen LogP contribution in [0.15, 0.2) is 16.6 Å². The predicted molar refractivity (Wildman–Crippen MR) is 75.8 cm³/mol. The van der Waals surface area contributed by atoms with Crippen molar-refractivity contribution in [2.75, 3.05) is 26.4 Å². The van der Waals surface area contributed by atoms with Crippen molar-refractivity contribution in [1.82, 2.24) is 0 Å². The van der Waals surface area contributed by atoms with Gasteiger partial charge in [-0.25, -0.2) is 0 Å². The fourth-order valence-electron chi connectivity index (χ4n) is 1.88. The van der Waals surface area contributed by atoms with Crippen molar-refractivity contribution >= 4 is 15.9 Å². The maximum Gasteiger partial charge on any atom is 0.175 e. The zero-order chi connectivity index (χ0) is 13.7. The molecule has 1 atom stereocenters. The predicted octanol–water partition coefficient (Wildman–Crippen LogP) is 3.07. The minimum atomic E-state index is -0.653. The van der Waals surface area contributed by atoms with Gasteiger partial charge >= 0.3 is 0 Å². The van der Waals surface area contributed by atoms with Gasteiger partial charge in [0.2, 0.25) is 0 Å². The lowest BCUT2D eigenvalue weighted by Gasteiger charge is -2.15. The van der Waals surface area contributed by atoms with Gasteiger partial charge in [-0.3, -0.25) is 0 Å². The van der Waals surface area contributed by atoms with E-state index >= 15 is 0 Å². The molecule has 1 aromatic carbocycles. The first kappa shape index (κ1) is 14.6. The molecule has 1 heterocycles. The number of halogens is 1. The lowest BCUT2D eigenvalue weighted by Crippen LogP contribution is -2.08. The van der Waals surface area contributed by atoms with Crippen molar-refractivity contribution in [3.63, 3.8) is 0 Å². The molecule has 0 amide bonds. The number of aliphatic hydroxyl groups excluding tert-OH is 1. The van der Waals surface area contributed by atoms with Crippen LogP contribution in [-0.4, -0.2) is 31.5 Å². The van der Waals surface area contributed by atoms with Gasteiger partial charge in [-0.05, 0) is 40.0 Å². The van der Waals surface area contributed by atoms with Gasteiger partial charge in [-0.15, -0.1) is 0 Å². The molecule has 0 aliphatic carbocycles.